The Hall–Kier alpha value is -4.13. The van der Waals surface area contributed by atoms with Gasteiger partial charge in [0.25, 0.3) is 5.91 Å². The SMILES string of the molecule is O=C(Nc1ccc(Oc2ccnc3cc(-c4ccc(CN5CCN(C(=O)C6(O)CC6)CC5)cn4)sc23)c(F)c1)NC1CC1. The van der Waals surface area contributed by atoms with Crippen LogP contribution in [0, 0.1) is 5.82 Å². The number of nitrogens with one attached hydrogen (secondary N) is 2. The van der Waals surface area contributed by atoms with Crippen molar-refractivity contribution in [1.29, 1.82) is 0 Å². The number of fused-ring (bicyclic) bond motifs is 1. The van der Waals surface area contributed by atoms with Gasteiger partial charge >= 0.3 is 6.03 Å². The molecule has 0 unspecified atom stereocenters. The Morgan fingerprint density at radius 3 is 2.56 bits per heavy atom. The molecule has 222 valence electrons. The fraction of sp³-hybridized carbons (Fsp3) is 0.355. The third-order valence-electron chi connectivity index (χ3n) is 7.96. The Kier molecular flexibility index (Phi) is 7.20. The molecule has 7 rings (SSSR count). The Morgan fingerprint density at radius 1 is 1.05 bits per heavy atom. The van der Waals surface area contributed by atoms with Gasteiger partial charge in [0.1, 0.15) is 11.4 Å². The maximum atomic E-state index is 14.9. The molecule has 43 heavy (non-hydrogen) atoms. The number of halogens is 1. The second-order valence-corrected chi connectivity index (χ2v) is 12.5. The number of aliphatic hydroxyl groups is 1. The lowest BCUT2D eigenvalue weighted by Gasteiger charge is -2.35. The number of rotatable bonds is 8. The van der Waals surface area contributed by atoms with Crippen LogP contribution in [0.5, 0.6) is 11.5 Å². The molecule has 4 heterocycles. The largest absolute Gasteiger partial charge is 0.453 e. The van der Waals surface area contributed by atoms with Gasteiger partial charge in [0.15, 0.2) is 11.6 Å². The quantitative estimate of drug-likeness (QED) is 0.267. The molecule has 0 spiro atoms. The normalized spacial score (nSPS) is 18.0. The van der Waals surface area contributed by atoms with Crippen molar-refractivity contribution in [2.75, 3.05) is 31.5 Å². The van der Waals surface area contributed by atoms with Crippen LogP contribution in [-0.4, -0.2) is 74.6 Å². The van der Waals surface area contributed by atoms with E-state index in [9.17, 15) is 19.1 Å². The molecular weight excluding hydrogens is 571 g/mol. The minimum absolute atomic E-state index is 0.0479. The fourth-order valence-electron chi connectivity index (χ4n) is 5.14. The van der Waals surface area contributed by atoms with Gasteiger partial charge in [-0.05, 0) is 55.5 Å². The van der Waals surface area contributed by atoms with Gasteiger partial charge in [0, 0.05) is 69.0 Å². The van der Waals surface area contributed by atoms with Gasteiger partial charge in [0.2, 0.25) is 0 Å². The molecule has 4 aromatic rings. The molecule has 1 saturated heterocycles. The second kappa shape index (κ2) is 11.2. The Morgan fingerprint density at radius 2 is 1.86 bits per heavy atom. The van der Waals surface area contributed by atoms with Crippen molar-refractivity contribution in [3.63, 3.8) is 0 Å². The van der Waals surface area contributed by atoms with Crippen molar-refractivity contribution >= 4 is 39.2 Å². The number of pyridine rings is 2. The van der Waals surface area contributed by atoms with E-state index in [0.717, 1.165) is 58.8 Å². The molecule has 0 bridgehead atoms. The summed E-state index contributed by atoms with van der Waals surface area (Å²) in [5, 5.41) is 15.6. The van der Waals surface area contributed by atoms with E-state index in [-0.39, 0.29) is 23.7 Å². The van der Waals surface area contributed by atoms with Crippen LogP contribution < -0.4 is 15.4 Å². The average Bonchev–Trinajstić information content (AvgIpc) is 3.93. The van der Waals surface area contributed by atoms with Crippen LogP contribution >= 0.6 is 11.3 Å². The number of aromatic nitrogens is 2. The van der Waals surface area contributed by atoms with Crippen molar-refractivity contribution in [3.05, 3.63) is 66.2 Å². The lowest BCUT2D eigenvalue weighted by Crippen LogP contribution is -2.51. The fourth-order valence-corrected chi connectivity index (χ4v) is 6.18. The van der Waals surface area contributed by atoms with Crippen LogP contribution in [-0.2, 0) is 11.3 Å². The Bertz CT molecular complexity index is 1680. The number of nitrogens with zero attached hydrogens (tertiary/aromatic N) is 4. The number of amides is 3. The van der Waals surface area contributed by atoms with E-state index in [4.69, 9.17) is 9.72 Å². The summed E-state index contributed by atoms with van der Waals surface area (Å²) in [7, 11) is 0. The highest BCUT2D eigenvalue weighted by Crippen LogP contribution is 2.40. The van der Waals surface area contributed by atoms with Gasteiger partial charge in [0.05, 0.1) is 20.8 Å². The first kappa shape index (κ1) is 27.7. The lowest BCUT2D eigenvalue weighted by atomic mass is 10.2. The van der Waals surface area contributed by atoms with E-state index >= 15 is 0 Å². The summed E-state index contributed by atoms with van der Waals surface area (Å²) in [6, 6.07) is 11.9. The zero-order valence-corrected chi connectivity index (χ0v) is 24.2. The summed E-state index contributed by atoms with van der Waals surface area (Å²) in [6.45, 7) is 3.48. The summed E-state index contributed by atoms with van der Waals surface area (Å²) in [6.07, 6.45) is 6.57. The van der Waals surface area contributed by atoms with Crippen molar-refractivity contribution in [2.45, 2.75) is 43.9 Å². The van der Waals surface area contributed by atoms with Gasteiger partial charge in [-0.3, -0.25) is 19.7 Å². The number of benzene rings is 1. The maximum Gasteiger partial charge on any atom is 0.319 e. The molecule has 3 aromatic heterocycles. The van der Waals surface area contributed by atoms with Gasteiger partial charge in [-0.15, -0.1) is 11.3 Å². The van der Waals surface area contributed by atoms with Gasteiger partial charge < -0.3 is 25.4 Å². The molecule has 1 aliphatic heterocycles. The molecule has 10 nitrogen and oxygen atoms in total. The van der Waals surface area contributed by atoms with Crippen molar-refractivity contribution in [2.24, 2.45) is 0 Å². The maximum absolute atomic E-state index is 14.9. The van der Waals surface area contributed by atoms with E-state index in [1.807, 2.05) is 18.3 Å². The molecule has 2 saturated carbocycles. The van der Waals surface area contributed by atoms with E-state index in [0.29, 0.717) is 37.4 Å². The second-order valence-electron chi connectivity index (χ2n) is 11.4. The van der Waals surface area contributed by atoms with Gasteiger partial charge in [-0.1, -0.05) is 6.07 Å². The standard InChI is InChI=1S/C31H31FN6O4S/c32-22-15-21(36-30(40)35-20-2-3-20)4-6-25(22)42-26-7-10-33-24-16-27(43-28(24)26)23-5-1-19(17-34-23)18-37-11-13-38(14-12-37)29(39)31(41)8-9-31/h1,4-7,10,15-17,20,41H,2-3,8-9,11-14,18H2,(H2,35,36,40). The number of thiophene rings is 1. The first-order valence-electron chi connectivity index (χ1n) is 14.5. The van der Waals surface area contributed by atoms with Crippen LogP contribution in [0.4, 0.5) is 14.9 Å². The number of carbonyl (C=O) groups is 2. The first-order chi connectivity index (χ1) is 20.8. The minimum atomic E-state index is -1.11. The van der Waals surface area contributed by atoms with Crippen molar-refractivity contribution < 1.29 is 23.8 Å². The number of hydrogen-bond acceptors (Lipinski definition) is 8. The number of ether oxygens (including phenoxy) is 1. The molecule has 1 aromatic carbocycles. The molecule has 0 radical (unpaired) electrons. The summed E-state index contributed by atoms with van der Waals surface area (Å²) >= 11 is 1.47. The number of urea groups is 1. The highest BCUT2D eigenvalue weighted by atomic mass is 32.1. The highest BCUT2D eigenvalue weighted by molar-refractivity contribution is 7.22. The average molecular weight is 603 g/mol. The van der Waals surface area contributed by atoms with E-state index in [1.54, 1.807) is 23.2 Å². The Labute approximate surface area is 251 Å². The smallest absolute Gasteiger partial charge is 0.319 e. The van der Waals surface area contributed by atoms with Gasteiger partial charge in [-0.2, -0.15) is 0 Å². The summed E-state index contributed by atoms with van der Waals surface area (Å²) in [4.78, 5) is 38.5. The van der Waals surface area contributed by atoms with Crippen molar-refractivity contribution in [1.82, 2.24) is 25.1 Å². The van der Waals surface area contributed by atoms with E-state index < -0.39 is 11.4 Å². The number of hydrogen-bond donors (Lipinski definition) is 3. The first-order valence-corrected chi connectivity index (χ1v) is 15.3. The summed E-state index contributed by atoms with van der Waals surface area (Å²) in [5.74, 6) is -0.187. The van der Waals surface area contributed by atoms with Crippen LogP contribution in [0.3, 0.4) is 0 Å². The van der Waals surface area contributed by atoms with Crippen molar-refractivity contribution in [3.8, 4) is 22.1 Å². The predicted octanol–water partition coefficient (Wildman–Crippen LogP) is 4.74. The highest BCUT2D eigenvalue weighted by Gasteiger charge is 2.50. The monoisotopic (exact) mass is 602 g/mol. The zero-order valence-electron chi connectivity index (χ0n) is 23.4. The Balaban J connectivity index is 0.993. The molecule has 2 aliphatic carbocycles. The van der Waals surface area contributed by atoms with Crippen LogP contribution in [0.2, 0.25) is 0 Å². The molecule has 3 aliphatic rings. The number of piperazine rings is 1. The lowest BCUT2D eigenvalue weighted by molar-refractivity contribution is -0.144. The van der Waals surface area contributed by atoms with Gasteiger partial charge in [-0.25, -0.2) is 9.18 Å². The molecule has 3 fully saturated rings. The zero-order chi connectivity index (χ0) is 29.6. The molecule has 3 N–H and O–H groups in total. The van der Waals surface area contributed by atoms with E-state index in [2.05, 4.69) is 26.6 Å². The predicted molar refractivity (Wildman–Crippen MR) is 161 cm³/mol. The number of anilines is 1. The van der Waals surface area contributed by atoms with E-state index in [1.165, 1.54) is 23.5 Å². The third kappa shape index (κ3) is 6.17. The summed E-state index contributed by atoms with van der Waals surface area (Å²) < 4.78 is 21.6. The topological polar surface area (TPSA) is 120 Å². The third-order valence-corrected chi connectivity index (χ3v) is 9.12. The van der Waals surface area contributed by atoms with Crippen LogP contribution in [0.15, 0.2) is 54.9 Å². The summed E-state index contributed by atoms with van der Waals surface area (Å²) in [5.41, 5.74) is 1.84. The number of carbonyl (C=O) groups excluding carboxylic acids is 2. The molecule has 0 atom stereocenters. The minimum Gasteiger partial charge on any atom is -0.453 e. The van der Waals surface area contributed by atoms with Crippen LogP contribution in [0.1, 0.15) is 31.2 Å². The van der Waals surface area contributed by atoms with Crippen LogP contribution in [0.25, 0.3) is 20.8 Å². The molecule has 12 heteroatoms. The molecular formula is C31H31FN6O4S. The molecule has 3 amide bonds.